The van der Waals surface area contributed by atoms with E-state index in [0.717, 1.165) is 0 Å². The maximum Gasteiger partial charge on any atom is 0.296 e. The number of aromatic hydroxyl groups is 1. The summed E-state index contributed by atoms with van der Waals surface area (Å²) in [6.07, 6.45) is 0. The van der Waals surface area contributed by atoms with Gasteiger partial charge in [0, 0.05) is 29.6 Å². The molecule has 73 valence electrons. The summed E-state index contributed by atoms with van der Waals surface area (Å²) in [5.74, 6) is -0.0497. The van der Waals surface area contributed by atoms with Crippen LogP contribution in [0.1, 0.15) is 11.0 Å². The summed E-state index contributed by atoms with van der Waals surface area (Å²) < 4.78 is 29.4. The van der Waals surface area contributed by atoms with Crippen molar-refractivity contribution < 1.29 is 23.2 Å². The molecule has 0 amide bonds. The van der Waals surface area contributed by atoms with Gasteiger partial charge in [-0.15, -0.1) is 0 Å². The van der Waals surface area contributed by atoms with Crippen molar-refractivity contribution in [3.8, 4) is 5.75 Å². The van der Waals surface area contributed by atoms with Crippen molar-refractivity contribution in [2.45, 2.75) is 5.44 Å². The number of benzene rings is 1. The minimum absolute atomic E-state index is 0. The molecule has 0 saturated carbocycles. The molecule has 14 heavy (non-hydrogen) atoms. The van der Waals surface area contributed by atoms with Crippen molar-refractivity contribution in [3.63, 3.8) is 0 Å². The summed E-state index contributed by atoms with van der Waals surface area (Å²) in [4.78, 5) is 0. The second kappa shape index (κ2) is 5.11. The number of hydrogen-bond acceptors (Lipinski definition) is 4. The molecule has 1 atom stereocenters. The minimum Gasteiger partial charge on any atom is -0.508 e. The van der Waals surface area contributed by atoms with Gasteiger partial charge in [-0.2, -0.15) is 8.42 Å². The van der Waals surface area contributed by atoms with E-state index in [2.05, 4.69) is 0 Å². The Bertz CT molecular complexity index is 385. The fourth-order valence-corrected chi connectivity index (χ4v) is 1.31. The van der Waals surface area contributed by atoms with E-state index in [1.54, 1.807) is 0 Å². The second-order valence-corrected chi connectivity index (χ2v) is 3.94. The van der Waals surface area contributed by atoms with E-state index in [0.29, 0.717) is 0 Å². The summed E-state index contributed by atoms with van der Waals surface area (Å²) in [5, 5.41) is 17.9. The van der Waals surface area contributed by atoms with Gasteiger partial charge in [0.05, 0.1) is 0 Å². The Hall–Kier alpha value is -0.110. The van der Waals surface area contributed by atoms with Crippen molar-refractivity contribution in [2.24, 2.45) is 0 Å². The molecule has 0 bridgehead atoms. The van der Waals surface area contributed by atoms with E-state index in [4.69, 9.17) is 14.8 Å². The van der Waals surface area contributed by atoms with Gasteiger partial charge in [0.2, 0.25) is 5.44 Å². The molecular weight excluding hydrogens is 219 g/mol. The maximum absolute atomic E-state index is 10.5. The predicted molar refractivity (Wildman–Crippen MR) is 50.4 cm³/mol. The molecular formula is C7H8NaO5S. The predicted octanol–water partition coefficient (Wildman–Crippen LogP) is -0.110. The number of hydrogen-bond donors (Lipinski definition) is 3. The zero-order valence-electron chi connectivity index (χ0n) is 7.45. The molecule has 0 fully saturated rings. The molecule has 0 aliphatic rings. The molecule has 1 rings (SSSR count). The fourth-order valence-electron chi connectivity index (χ4n) is 0.811. The first-order valence-corrected chi connectivity index (χ1v) is 4.85. The molecule has 0 aromatic heterocycles. The van der Waals surface area contributed by atoms with Gasteiger partial charge in [-0.3, -0.25) is 4.55 Å². The van der Waals surface area contributed by atoms with Crippen LogP contribution < -0.4 is 0 Å². The van der Waals surface area contributed by atoms with Crippen molar-refractivity contribution >= 4 is 39.7 Å². The van der Waals surface area contributed by atoms with Gasteiger partial charge in [-0.25, -0.2) is 0 Å². The summed E-state index contributed by atoms with van der Waals surface area (Å²) in [5.41, 5.74) is -1.96. The Balaban J connectivity index is 0.00000169. The van der Waals surface area contributed by atoms with Crippen LogP contribution in [0.4, 0.5) is 0 Å². The molecule has 5 nitrogen and oxygen atoms in total. The summed E-state index contributed by atoms with van der Waals surface area (Å²) >= 11 is 0. The molecule has 1 unspecified atom stereocenters. The monoisotopic (exact) mass is 227 g/mol. The molecule has 7 heteroatoms. The van der Waals surface area contributed by atoms with Crippen molar-refractivity contribution in [3.05, 3.63) is 29.8 Å². The van der Waals surface area contributed by atoms with Crippen LogP contribution in [0.2, 0.25) is 0 Å². The SMILES string of the molecule is O=S(=O)(O)C(O)c1ccc(O)cc1.[Na]. The molecule has 3 N–H and O–H groups in total. The van der Waals surface area contributed by atoms with E-state index < -0.39 is 15.6 Å². The van der Waals surface area contributed by atoms with Gasteiger partial charge >= 0.3 is 0 Å². The Morgan fingerprint density at radius 3 is 1.93 bits per heavy atom. The normalized spacial score (nSPS) is 13.0. The first kappa shape index (κ1) is 13.9. The number of aliphatic hydroxyl groups is 1. The largest absolute Gasteiger partial charge is 0.508 e. The van der Waals surface area contributed by atoms with Crippen molar-refractivity contribution in [1.82, 2.24) is 0 Å². The standard InChI is InChI=1S/C7H8O5S.Na/c8-6-3-1-5(2-4-6)7(9)13(10,11)12;/h1-4,7-9H,(H,10,11,12);. The zero-order chi connectivity index (χ0) is 10.1. The average Bonchev–Trinajstić information content (AvgIpc) is 2.03. The van der Waals surface area contributed by atoms with Gasteiger partial charge in [0.25, 0.3) is 10.1 Å². The third-order valence-corrected chi connectivity index (χ3v) is 2.30. The third kappa shape index (κ3) is 3.56. The summed E-state index contributed by atoms with van der Waals surface area (Å²) in [6, 6.07) is 4.83. The Kier molecular flexibility index (Phi) is 5.07. The number of rotatable bonds is 2. The van der Waals surface area contributed by atoms with Crippen LogP contribution in [0.15, 0.2) is 24.3 Å². The van der Waals surface area contributed by atoms with E-state index in [1.165, 1.54) is 24.3 Å². The van der Waals surface area contributed by atoms with E-state index in [-0.39, 0.29) is 40.9 Å². The Morgan fingerprint density at radius 1 is 1.14 bits per heavy atom. The van der Waals surface area contributed by atoms with E-state index in [1.807, 2.05) is 0 Å². The Morgan fingerprint density at radius 2 is 1.57 bits per heavy atom. The fraction of sp³-hybridized carbons (Fsp3) is 0.143. The van der Waals surface area contributed by atoms with Crippen molar-refractivity contribution in [2.75, 3.05) is 0 Å². The number of phenolic OH excluding ortho intramolecular Hbond substituents is 1. The maximum atomic E-state index is 10.5. The van der Waals surface area contributed by atoms with E-state index >= 15 is 0 Å². The van der Waals surface area contributed by atoms with E-state index in [9.17, 15) is 8.42 Å². The van der Waals surface area contributed by atoms with Crippen LogP contribution in [0, 0.1) is 0 Å². The summed E-state index contributed by atoms with van der Waals surface area (Å²) in [6.45, 7) is 0. The molecule has 0 spiro atoms. The van der Waals surface area contributed by atoms with Gasteiger partial charge < -0.3 is 10.2 Å². The first-order chi connectivity index (χ1) is 5.91. The molecule has 1 radical (unpaired) electrons. The topological polar surface area (TPSA) is 94.8 Å². The average molecular weight is 227 g/mol. The number of aliphatic hydroxyl groups excluding tert-OH is 1. The third-order valence-electron chi connectivity index (χ3n) is 1.46. The van der Waals surface area contributed by atoms with Crippen LogP contribution >= 0.6 is 0 Å². The molecule has 1 aromatic rings. The minimum atomic E-state index is -4.49. The van der Waals surface area contributed by atoms with Crippen LogP contribution in [-0.4, -0.2) is 52.7 Å². The zero-order valence-corrected chi connectivity index (χ0v) is 10.3. The first-order valence-electron chi connectivity index (χ1n) is 3.34. The smallest absolute Gasteiger partial charge is 0.296 e. The molecule has 0 heterocycles. The summed E-state index contributed by atoms with van der Waals surface area (Å²) in [7, 11) is -4.49. The molecule has 1 aromatic carbocycles. The van der Waals surface area contributed by atoms with Crippen molar-refractivity contribution in [1.29, 1.82) is 0 Å². The second-order valence-electron chi connectivity index (χ2n) is 2.46. The Labute approximate surface area is 103 Å². The van der Waals surface area contributed by atoms with Crippen LogP contribution in [0.3, 0.4) is 0 Å². The molecule has 0 saturated heterocycles. The van der Waals surface area contributed by atoms with Gasteiger partial charge in [-0.05, 0) is 17.7 Å². The number of phenols is 1. The van der Waals surface area contributed by atoms with Gasteiger partial charge in [0.1, 0.15) is 5.75 Å². The van der Waals surface area contributed by atoms with Crippen LogP contribution in [-0.2, 0) is 10.1 Å². The molecule has 0 aliphatic carbocycles. The molecule has 0 aliphatic heterocycles. The van der Waals surface area contributed by atoms with Gasteiger partial charge in [0.15, 0.2) is 0 Å². The van der Waals surface area contributed by atoms with Crippen LogP contribution in [0.5, 0.6) is 5.75 Å². The quantitative estimate of drug-likeness (QED) is 0.484. The van der Waals surface area contributed by atoms with Gasteiger partial charge in [-0.1, -0.05) is 12.1 Å². The van der Waals surface area contributed by atoms with Crippen LogP contribution in [0.25, 0.3) is 0 Å².